The number of aromatic nitrogens is 1. The fourth-order valence-electron chi connectivity index (χ4n) is 1.51. The molecule has 6 heteroatoms. The van der Waals surface area contributed by atoms with Crippen LogP contribution in [0.25, 0.3) is 0 Å². The van der Waals surface area contributed by atoms with Gasteiger partial charge in [0.25, 0.3) is 5.69 Å². The third-order valence-electron chi connectivity index (χ3n) is 2.52. The van der Waals surface area contributed by atoms with Crippen LogP contribution in [0.1, 0.15) is 15.9 Å². The van der Waals surface area contributed by atoms with Crippen molar-refractivity contribution in [3.05, 3.63) is 57.8 Å². The lowest BCUT2D eigenvalue weighted by Gasteiger charge is -2.06. The van der Waals surface area contributed by atoms with E-state index in [2.05, 4.69) is 4.98 Å². The topological polar surface area (TPSA) is 82.3 Å². The molecule has 0 N–H and O–H groups in total. The summed E-state index contributed by atoms with van der Waals surface area (Å²) in [5.74, 6) is 0.772. The van der Waals surface area contributed by atoms with Crippen LogP contribution in [0.15, 0.2) is 36.5 Å². The Labute approximate surface area is 108 Å². The van der Waals surface area contributed by atoms with Crippen LogP contribution in [-0.2, 0) is 0 Å². The summed E-state index contributed by atoms with van der Waals surface area (Å²) in [4.78, 5) is 24.5. The molecule has 0 saturated heterocycles. The van der Waals surface area contributed by atoms with Gasteiger partial charge in [-0.05, 0) is 30.7 Å². The van der Waals surface area contributed by atoms with E-state index in [0.29, 0.717) is 11.3 Å². The van der Waals surface area contributed by atoms with Gasteiger partial charge in [0.1, 0.15) is 18.2 Å². The van der Waals surface area contributed by atoms with Crippen molar-refractivity contribution in [2.45, 2.75) is 6.92 Å². The first-order valence-corrected chi connectivity index (χ1v) is 5.44. The lowest BCUT2D eigenvalue weighted by Crippen LogP contribution is -1.93. The minimum atomic E-state index is -0.528. The summed E-state index contributed by atoms with van der Waals surface area (Å²) in [5, 5.41) is 10.5. The Balaban J connectivity index is 2.19. The van der Waals surface area contributed by atoms with E-state index < -0.39 is 4.92 Å². The van der Waals surface area contributed by atoms with E-state index in [1.54, 1.807) is 25.1 Å². The molecule has 0 atom stereocenters. The zero-order chi connectivity index (χ0) is 13.8. The van der Waals surface area contributed by atoms with Gasteiger partial charge in [0.2, 0.25) is 5.88 Å². The highest BCUT2D eigenvalue weighted by atomic mass is 16.6. The summed E-state index contributed by atoms with van der Waals surface area (Å²) < 4.78 is 5.44. The molecule has 1 heterocycles. The number of aryl methyl sites for hydroxylation is 1. The van der Waals surface area contributed by atoms with Crippen LogP contribution in [0.5, 0.6) is 11.6 Å². The number of pyridine rings is 1. The number of carbonyl (C=O) groups is 1. The minimum absolute atomic E-state index is 0.0974. The molecule has 2 aromatic rings. The molecule has 1 aromatic carbocycles. The van der Waals surface area contributed by atoms with Gasteiger partial charge in [-0.25, -0.2) is 4.98 Å². The van der Waals surface area contributed by atoms with E-state index in [4.69, 9.17) is 4.74 Å². The van der Waals surface area contributed by atoms with Gasteiger partial charge >= 0.3 is 0 Å². The zero-order valence-corrected chi connectivity index (χ0v) is 10.1. The first-order valence-electron chi connectivity index (χ1n) is 5.44. The number of nitro groups is 1. The van der Waals surface area contributed by atoms with Gasteiger partial charge in [0, 0.05) is 17.7 Å². The molecule has 0 radical (unpaired) electrons. The lowest BCUT2D eigenvalue weighted by molar-refractivity contribution is -0.385. The molecule has 0 spiro atoms. The molecular weight excluding hydrogens is 248 g/mol. The minimum Gasteiger partial charge on any atom is -0.439 e. The maximum atomic E-state index is 10.7. The SMILES string of the molecule is Cc1cc(Oc2ccc([N+](=O)[O-])cn2)ccc1C=O. The van der Waals surface area contributed by atoms with Crippen LogP contribution in [0.2, 0.25) is 0 Å². The van der Waals surface area contributed by atoms with Gasteiger partial charge in [0.15, 0.2) is 0 Å². The van der Waals surface area contributed by atoms with E-state index in [-0.39, 0.29) is 11.6 Å². The Morgan fingerprint density at radius 2 is 2.11 bits per heavy atom. The number of hydrogen-bond donors (Lipinski definition) is 0. The summed E-state index contributed by atoms with van der Waals surface area (Å²) in [6.07, 6.45) is 1.89. The molecule has 0 aliphatic carbocycles. The van der Waals surface area contributed by atoms with E-state index in [0.717, 1.165) is 18.0 Å². The first-order chi connectivity index (χ1) is 9.10. The molecule has 0 unspecified atom stereocenters. The number of aldehydes is 1. The maximum absolute atomic E-state index is 10.7. The molecule has 0 bridgehead atoms. The van der Waals surface area contributed by atoms with Gasteiger partial charge in [-0.15, -0.1) is 0 Å². The highest BCUT2D eigenvalue weighted by molar-refractivity contribution is 5.77. The fourth-order valence-corrected chi connectivity index (χ4v) is 1.51. The quantitative estimate of drug-likeness (QED) is 0.478. The van der Waals surface area contributed by atoms with E-state index in [9.17, 15) is 14.9 Å². The molecule has 1 aromatic heterocycles. The number of rotatable bonds is 4. The van der Waals surface area contributed by atoms with Crippen molar-refractivity contribution in [3.8, 4) is 11.6 Å². The second kappa shape index (κ2) is 5.26. The smallest absolute Gasteiger partial charge is 0.287 e. The second-order valence-electron chi connectivity index (χ2n) is 3.85. The normalized spacial score (nSPS) is 9.95. The Bertz CT molecular complexity index is 623. The molecule has 0 fully saturated rings. The Morgan fingerprint density at radius 3 is 2.63 bits per heavy atom. The molecule has 0 saturated carbocycles. The third-order valence-corrected chi connectivity index (χ3v) is 2.52. The Kier molecular flexibility index (Phi) is 3.51. The van der Waals surface area contributed by atoms with Gasteiger partial charge < -0.3 is 4.74 Å². The highest BCUT2D eigenvalue weighted by Crippen LogP contribution is 2.23. The molecule has 2 rings (SSSR count). The van der Waals surface area contributed by atoms with E-state index >= 15 is 0 Å². The zero-order valence-electron chi connectivity index (χ0n) is 10.1. The van der Waals surface area contributed by atoms with Crippen molar-refractivity contribution >= 4 is 12.0 Å². The van der Waals surface area contributed by atoms with Gasteiger partial charge in [-0.3, -0.25) is 14.9 Å². The van der Waals surface area contributed by atoms with E-state index in [1.165, 1.54) is 12.1 Å². The highest BCUT2D eigenvalue weighted by Gasteiger charge is 2.07. The van der Waals surface area contributed by atoms with Gasteiger partial charge in [0.05, 0.1) is 4.92 Å². The standard InChI is InChI=1S/C13H10N2O4/c1-9-6-12(4-2-10(9)8-16)19-13-5-3-11(7-14-13)15(17)18/h2-8H,1H3. The summed E-state index contributed by atoms with van der Waals surface area (Å²) in [6, 6.07) is 7.71. The van der Waals surface area contributed by atoms with Crippen LogP contribution in [0.3, 0.4) is 0 Å². The predicted octanol–water partition coefficient (Wildman–Crippen LogP) is 2.90. The molecule has 0 aliphatic heterocycles. The van der Waals surface area contributed by atoms with Crippen molar-refractivity contribution < 1.29 is 14.5 Å². The van der Waals surface area contributed by atoms with Crippen LogP contribution in [0.4, 0.5) is 5.69 Å². The summed E-state index contributed by atoms with van der Waals surface area (Å²) >= 11 is 0. The average molecular weight is 258 g/mol. The monoisotopic (exact) mass is 258 g/mol. The number of carbonyl (C=O) groups excluding carboxylic acids is 1. The number of nitrogens with zero attached hydrogens (tertiary/aromatic N) is 2. The molecule has 0 aliphatic rings. The van der Waals surface area contributed by atoms with Crippen molar-refractivity contribution in [2.24, 2.45) is 0 Å². The predicted molar refractivity (Wildman–Crippen MR) is 67.5 cm³/mol. The molecular formula is C13H10N2O4. The maximum Gasteiger partial charge on any atom is 0.287 e. The lowest BCUT2D eigenvalue weighted by atomic mass is 10.1. The van der Waals surface area contributed by atoms with E-state index in [1.807, 2.05) is 0 Å². The molecule has 19 heavy (non-hydrogen) atoms. The largest absolute Gasteiger partial charge is 0.439 e. The van der Waals surface area contributed by atoms with Crippen molar-refractivity contribution in [2.75, 3.05) is 0 Å². The van der Waals surface area contributed by atoms with Crippen molar-refractivity contribution in [1.82, 2.24) is 4.98 Å². The average Bonchev–Trinajstić information content (AvgIpc) is 2.39. The van der Waals surface area contributed by atoms with Crippen LogP contribution < -0.4 is 4.74 Å². The summed E-state index contributed by atoms with van der Waals surface area (Å²) in [5.41, 5.74) is 1.28. The van der Waals surface area contributed by atoms with Crippen LogP contribution in [0, 0.1) is 17.0 Å². The van der Waals surface area contributed by atoms with Gasteiger partial charge in [-0.2, -0.15) is 0 Å². The number of ether oxygens (including phenoxy) is 1. The Morgan fingerprint density at radius 1 is 1.32 bits per heavy atom. The summed E-state index contributed by atoms with van der Waals surface area (Å²) in [6.45, 7) is 1.79. The first kappa shape index (κ1) is 12.7. The second-order valence-corrected chi connectivity index (χ2v) is 3.85. The third kappa shape index (κ3) is 2.92. The van der Waals surface area contributed by atoms with Crippen LogP contribution >= 0.6 is 0 Å². The van der Waals surface area contributed by atoms with Crippen LogP contribution in [-0.4, -0.2) is 16.2 Å². The molecule has 6 nitrogen and oxygen atoms in total. The van der Waals surface area contributed by atoms with Crippen molar-refractivity contribution in [3.63, 3.8) is 0 Å². The summed E-state index contributed by atoms with van der Waals surface area (Å²) in [7, 11) is 0. The number of hydrogen-bond acceptors (Lipinski definition) is 5. The van der Waals surface area contributed by atoms with Gasteiger partial charge in [-0.1, -0.05) is 0 Å². The number of benzene rings is 1. The molecule has 0 amide bonds. The molecule has 96 valence electrons. The Hall–Kier alpha value is -2.76. The fraction of sp³-hybridized carbons (Fsp3) is 0.0769. The van der Waals surface area contributed by atoms with Crippen molar-refractivity contribution in [1.29, 1.82) is 0 Å².